The van der Waals surface area contributed by atoms with Gasteiger partial charge in [0.15, 0.2) is 0 Å². The lowest BCUT2D eigenvalue weighted by molar-refractivity contribution is 0.105. The summed E-state index contributed by atoms with van der Waals surface area (Å²) in [5, 5.41) is 13.2. The first-order chi connectivity index (χ1) is 8.56. The highest BCUT2D eigenvalue weighted by atomic mass is 16.5. The Balaban J connectivity index is 1.72. The summed E-state index contributed by atoms with van der Waals surface area (Å²) in [6, 6.07) is 6.68. The van der Waals surface area contributed by atoms with Crippen LogP contribution in [0.2, 0.25) is 0 Å². The number of aliphatic hydroxyl groups excluding tert-OH is 1. The minimum atomic E-state index is -0.446. The largest absolute Gasteiger partial charge is 0.491 e. The molecule has 0 aromatic heterocycles. The highest BCUT2D eigenvalue weighted by Gasteiger charge is 2.32. The van der Waals surface area contributed by atoms with Crippen molar-refractivity contribution in [3.05, 3.63) is 29.3 Å². The smallest absolute Gasteiger partial charge is 0.122 e. The molecule has 0 amide bonds. The zero-order valence-electron chi connectivity index (χ0n) is 11.4. The first-order valence-electron chi connectivity index (χ1n) is 6.67. The number of ether oxygens (including phenoxy) is 1. The molecule has 1 aromatic rings. The van der Waals surface area contributed by atoms with Gasteiger partial charge in [0.05, 0.1) is 0 Å². The second-order valence-corrected chi connectivity index (χ2v) is 5.46. The van der Waals surface area contributed by atoms with Crippen LogP contribution in [0.1, 0.15) is 24.5 Å². The van der Waals surface area contributed by atoms with Crippen molar-refractivity contribution in [1.29, 1.82) is 0 Å². The van der Waals surface area contributed by atoms with Gasteiger partial charge in [0, 0.05) is 12.6 Å². The molecule has 0 bridgehead atoms. The van der Waals surface area contributed by atoms with Crippen LogP contribution in [0.25, 0.3) is 0 Å². The molecule has 0 radical (unpaired) electrons. The molecular formula is C15H23NO2. The lowest BCUT2D eigenvalue weighted by Crippen LogP contribution is -2.33. The van der Waals surface area contributed by atoms with Crippen molar-refractivity contribution in [2.45, 2.75) is 39.3 Å². The van der Waals surface area contributed by atoms with E-state index in [9.17, 15) is 5.11 Å². The summed E-state index contributed by atoms with van der Waals surface area (Å²) in [6.07, 6.45) is 0.781. The summed E-state index contributed by atoms with van der Waals surface area (Å²) in [4.78, 5) is 0. The zero-order chi connectivity index (χ0) is 13.1. The average molecular weight is 249 g/mol. The van der Waals surface area contributed by atoms with Crippen molar-refractivity contribution >= 4 is 0 Å². The van der Waals surface area contributed by atoms with E-state index in [1.54, 1.807) is 0 Å². The molecular weight excluding hydrogens is 226 g/mol. The number of hydrogen-bond donors (Lipinski definition) is 2. The van der Waals surface area contributed by atoms with Gasteiger partial charge in [0.25, 0.3) is 0 Å². The van der Waals surface area contributed by atoms with Crippen molar-refractivity contribution in [2.75, 3.05) is 13.2 Å². The van der Waals surface area contributed by atoms with Crippen LogP contribution in [-0.4, -0.2) is 30.4 Å². The van der Waals surface area contributed by atoms with Gasteiger partial charge in [-0.3, -0.25) is 0 Å². The molecule has 1 fully saturated rings. The number of nitrogens with one attached hydrogen (secondary N) is 1. The second kappa shape index (κ2) is 5.72. The summed E-state index contributed by atoms with van der Waals surface area (Å²) >= 11 is 0. The molecule has 1 aromatic carbocycles. The highest BCUT2D eigenvalue weighted by molar-refractivity contribution is 5.35. The molecule has 18 heavy (non-hydrogen) atoms. The minimum Gasteiger partial charge on any atom is -0.491 e. The highest BCUT2D eigenvalue weighted by Crippen LogP contribution is 2.28. The Kier molecular flexibility index (Phi) is 4.25. The number of aryl methyl sites for hydroxylation is 2. The van der Waals surface area contributed by atoms with Gasteiger partial charge in [-0.2, -0.15) is 0 Å². The average Bonchev–Trinajstić information content (AvgIpc) is 3.01. The van der Waals surface area contributed by atoms with E-state index in [-0.39, 0.29) is 0 Å². The Hall–Kier alpha value is -1.06. The van der Waals surface area contributed by atoms with Crippen LogP contribution in [0.5, 0.6) is 5.75 Å². The second-order valence-electron chi connectivity index (χ2n) is 5.46. The predicted molar refractivity (Wildman–Crippen MR) is 73.0 cm³/mol. The zero-order valence-corrected chi connectivity index (χ0v) is 11.4. The SMILES string of the molecule is Cc1ccc(OCC(O)CNC2CC2C)c(C)c1. The van der Waals surface area contributed by atoms with Gasteiger partial charge in [-0.1, -0.05) is 24.6 Å². The molecule has 0 saturated heterocycles. The van der Waals surface area contributed by atoms with Crippen molar-refractivity contribution < 1.29 is 9.84 Å². The standard InChI is InChI=1S/C15H23NO2/c1-10-4-5-15(12(3)6-10)18-9-13(17)8-16-14-7-11(14)2/h4-6,11,13-14,16-17H,7-9H2,1-3H3. The third kappa shape index (κ3) is 3.72. The monoisotopic (exact) mass is 249 g/mol. The molecule has 1 aliphatic carbocycles. The quantitative estimate of drug-likeness (QED) is 0.810. The summed E-state index contributed by atoms with van der Waals surface area (Å²) in [5.74, 6) is 1.62. The van der Waals surface area contributed by atoms with E-state index in [0.717, 1.165) is 17.2 Å². The fourth-order valence-corrected chi connectivity index (χ4v) is 2.10. The molecule has 3 atom stereocenters. The predicted octanol–water partition coefficient (Wildman–Crippen LogP) is 2.04. The fraction of sp³-hybridized carbons (Fsp3) is 0.600. The third-order valence-corrected chi connectivity index (χ3v) is 3.49. The summed E-state index contributed by atoms with van der Waals surface area (Å²) in [7, 11) is 0. The topological polar surface area (TPSA) is 41.5 Å². The Bertz CT molecular complexity index is 405. The third-order valence-electron chi connectivity index (χ3n) is 3.49. The van der Waals surface area contributed by atoms with Gasteiger partial charge < -0.3 is 15.2 Å². The molecule has 0 heterocycles. The van der Waals surface area contributed by atoms with Gasteiger partial charge in [0.1, 0.15) is 18.5 Å². The van der Waals surface area contributed by atoms with Gasteiger partial charge in [0.2, 0.25) is 0 Å². The van der Waals surface area contributed by atoms with Crippen LogP contribution in [0, 0.1) is 19.8 Å². The van der Waals surface area contributed by atoms with Gasteiger partial charge in [-0.15, -0.1) is 0 Å². The van der Waals surface area contributed by atoms with E-state index in [1.807, 2.05) is 19.1 Å². The van der Waals surface area contributed by atoms with E-state index in [2.05, 4.69) is 25.2 Å². The van der Waals surface area contributed by atoms with Crippen LogP contribution in [0.3, 0.4) is 0 Å². The maximum Gasteiger partial charge on any atom is 0.122 e. The van der Waals surface area contributed by atoms with Crippen molar-refractivity contribution in [3.8, 4) is 5.75 Å². The molecule has 3 unspecified atom stereocenters. The van der Waals surface area contributed by atoms with Crippen LogP contribution in [0.4, 0.5) is 0 Å². The van der Waals surface area contributed by atoms with Crippen molar-refractivity contribution in [2.24, 2.45) is 5.92 Å². The number of aliphatic hydroxyl groups is 1. The molecule has 2 N–H and O–H groups in total. The van der Waals surface area contributed by atoms with Gasteiger partial charge >= 0.3 is 0 Å². The van der Waals surface area contributed by atoms with Crippen LogP contribution < -0.4 is 10.1 Å². The molecule has 0 aliphatic heterocycles. The maximum atomic E-state index is 9.83. The Labute approximate surface area is 109 Å². The normalized spacial score (nSPS) is 23.8. The molecule has 3 nitrogen and oxygen atoms in total. The maximum absolute atomic E-state index is 9.83. The van der Waals surface area contributed by atoms with Crippen LogP contribution in [-0.2, 0) is 0 Å². The Morgan fingerprint density at radius 2 is 2.17 bits per heavy atom. The number of benzene rings is 1. The lowest BCUT2D eigenvalue weighted by Gasteiger charge is -2.14. The van der Waals surface area contributed by atoms with Crippen molar-refractivity contribution in [1.82, 2.24) is 5.32 Å². The molecule has 1 aliphatic rings. The summed E-state index contributed by atoms with van der Waals surface area (Å²) in [6.45, 7) is 7.26. The molecule has 100 valence electrons. The first-order valence-corrected chi connectivity index (χ1v) is 6.67. The van der Waals surface area contributed by atoms with E-state index in [1.165, 1.54) is 12.0 Å². The van der Waals surface area contributed by atoms with Gasteiger partial charge in [-0.25, -0.2) is 0 Å². The molecule has 3 heteroatoms. The van der Waals surface area contributed by atoms with Crippen LogP contribution >= 0.6 is 0 Å². The summed E-state index contributed by atoms with van der Waals surface area (Å²) in [5.41, 5.74) is 2.34. The Morgan fingerprint density at radius 3 is 2.78 bits per heavy atom. The Morgan fingerprint density at radius 1 is 1.44 bits per heavy atom. The van der Waals surface area contributed by atoms with E-state index >= 15 is 0 Å². The lowest BCUT2D eigenvalue weighted by atomic mass is 10.1. The number of hydrogen-bond acceptors (Lipinski definition) is 3. The van der Waals surface area contributed by atoms with Crippen LogP contribution in [0.15, 0.2) is 18.2 Å². The number of rotatable bonds is 6. The molecule has 0 spiro atoms. The molecule has 2 rings (SSSR count). The minimum absolute atomic E-state index is 0.345. The van der Waals surface area contributed by atoms with Gasteiger partial charge in [-0.05, 0) is 37.8 Å². The fourth-order valence-electron chi connectivity index (χ4n) is 2.10. The summed E-state index contributed by atoms with van der Waals surface area (Å²) < 4.78 is 5.64. The van der Waals surface area contributed by atoms with E-state index in [4.69, 9.17) is 4.74 Å². The van der Waals surface area contributed by atoms with Crippen molar-refractivity contribution in [3.63, 3.8) is 0 Å². The molecule has 1 saturated carbocycles. The van der Waals surface area contributed by atoms with E-state index in [0.29, 0.717) is 19.2 Å². The first kappa shape index (κ1) is 13.4. The van der Waals surface area contributed by atoms with E-state index < -0.39 is 6.10 Å².